The largest absolute Gasteiger partial charge is 0.301 e. The van der Waals surface area contributed by atoms with Crippen molar-refractivity contribution in [2.24, 2.45) is 0 Å². The average molecular weight is 348 g/mol. The molecule has 0 bridgehead atoms. The second-order valence-electron chi connectivity index (χ2n) is 3.95. The first-order valence-electron chi connectivity index (χ1n) is 5.53. The van der Waals surface area contributed by atoms with Crippen molar-refractivity contribution in [2.45, 2.75) is 25.1 Å². The van der Waals surface area contributed by atoms with E-state index in [1.807, 2.05) is 26.0 Å². The van der Waals surface area contributed by atoms with Crippen molar-refractivity contribution in [1.82, 2.24) is 4.98 Å². The van der Waals surface area contributed by atoms with Gasteiger partial charge in [0, 0.05) is 5.02 Å². The number of amides is 1. The molecule has 1 aromatic carbocycles. The van der Waals surface area contributed by atoms with Crippen molar-refractivity contribution in [1.29, 1.82) is 0 Å². The first kappa shape index (κ1) is 13.8. The molecule has 0 radical (unpaired) electrons. The molecular weight excluding hydrogens is 336 g/mol. The summed E-state index contributed by atoms with van der Waals surface area (Å²) in [7, 11) is 0. The number of hydrogen-bond donors (Lipinski definition) is 1. The van der Waals surface area contributed by atoms with E-state index in [0.717, 1.165) is 22.2 Å². The van der Waals surface area contributed by atoms with Crippen LogP contribution >= 0.6 is 38.9 Å². The van der Waals surface area contributed by atoms with Gasteiger partial charge in [0.25, 0.3) is 0 Å². The Morgan fingerprint density at radius 3 is 3.00 bits per heavy atom. The van der Waals surface area contributed by atoms with Gasteiger partial charge in [-0.05, 0) is 31.0 Å². The number of anilines is 1. The number of aromatic nitrogens is 1. The van der Waals surface area contributed by atoms with Gasteiger partial charge in [-0.3, -0.25) is 4.79 Å². The maximum atomic E-state index is 11.7. The Kier molecular flexibility index (Phi) is 4.25. The standard InChI is InChI=1S/C12H12BrClN2OS/c1-3-7(13)11(17)16-12-15-9-5-8(14)6(2)4-10(9)18-12/h4-5,7H,3H2,1-2H3,(H,15,16,17)/t7-/m0/s1. The predicted octanol–water partition coefficient (Wildman–Crippen LogP) is 4.37. The van der Waals surface area contributed by atoms with Crippen LogP contribution in [0.25, 0.3) is 10.2 Å². The van der Waals surface area contributed by atoms with Gasteiger partial charge in [0.1, 0.15) is 0 Å². The molecule has 0 fully saturated rings. The number of alkyl halides is 1. The number of carbonyl (C=O) groups excluding carboxylic acids is 1. The lowest BCUT2D eigenvalue weighted by molar-refractivity contribution is -0.115. The summed E-state index contributed by atoms with van der Waals surface area (Å²) in [6, 6.07) is 3.81. The lowest BCUT2D eigenvalue weighted by Crippen LogP contribution is -2.21. The summed E-state index contributed by atoms with van der Waals surface area (Å²) in [6.45, 7) is 3.89. The van der Waals surface area contributed by atoms with Crippen molar-refractivity contribution < 1.29 is 4.79 Å². The smallest absolute Gasteiger partial charge is 0.239 e. The number of fused-ring (bicyclic) bond motifs is 1. The summed E-state index contributed by atoms with van der Waals surface area (Å²) in [4.78, 5) is 15.9. The summed E-state index contributed by atoms with van der Waals surface area (Å²) < 4.78 is 1.02. The van der Waals surface area contributed by atoms with E-state index in [9.17, 15) is 4.79 Å². The fourth-order valence-electron chi connectivity index (χ4n) is 1.47. The van der Waals surface area contributed by atoms with Crippen LogP contribution in [0.2, 0.25) is 5.02 Å². The molecule has 1 atom stereocenters. The minimum Gasteiger partial charge on any atom is -0.301 e. The van der Waals surface area contributed by atoms with E-state index in [1.165, 1.54) is 11.3 Å². The number of hydrogen-bond acceptors (Lipinski definition) is 3. The van der Waals surface area contributed by atoms with Crippen molar-refractivity contribution in [3.8, 4) is 0 Å². The molecule has 3 nitrogen and oxygen atoms in total. The summed E-state index contributed by atoms with van der Waals surface area (Å²) >= 11 is 10.8. The van der Waals surface area contributed by atoms with Crippen molar-refractivity contribution in [3.05, 3.63) is 22.7 Å². The van der Waals surface area contributed by atoms with Gasteiger partial charge in [0.05, 0.1) is 15.0 Å². The normalized spacial score (nSPS) is 12.7. The third-order valence-corrected chi connectivity index (χ3v) is 4.95. The van der Waals surface area contributed by atoms with Crippen molar-refractivity contribution >= 4 is 60.1 Å². The molecule has 0 aliphatic carbocycles. The van der Waals surface area contributed by atoms with Gasteiger partial charge in [-0.1, -0.05) is 45.8 Å². The minimum atomic E-state index is -0.185. The Balaban J connectivity index is 2.28. The second kappa shape index (κ2) is 5.55. The number of aryl methyl sites for hydroxylation is 1. The van der Waals surface area contributed by atoms with Crippen LogP contribution in [0.4, 0.5) is 5.13 Å². The number of thiazole rings is 1. The van der Waals surface area contributed by atoms with Crippen LogP contribution in [-0.4, -0.2) is 15.7 Å². The molecule has 18 heavy (non-hydrogen) atoms. The Bertz CT molecular complexity index is 560. The summed E-state index contributed by atoms with van der Waals surface area (Å²) in [5.41, 5.74) is 1.83. The number of halogens is 2. The minimum absolute atomic E-state index is 0.0700. The van der Waals surface area contributed by atoms with Crippen molar-refractivity contribution in [2.75, 3.05) is 5.32 Å². The quantitative estimate of drug-likeness (QED) is 0.838. The van der Waals surface area contributed by atoms with E-state index in [2.05, 4.69) is 26.2 Å². The zero-order valence-electron chi connectivity index (χ0n) is 9.96. The predicted molar refractivity (Wildman–Crippen MR) is 81.0 cm³/mol. The van der Waals surface area contributed by atoms with E-state index in [-0.39, 0.29) is 10.7 Å². The monoisotopic (exact) mass is 346 g/mol. The number of rotatable bonds is 3. The molecule has 1 heterocycles. The molecule has 0 unspecified atom stereocenters. The molecule has 1 N–H and O–H groups in total. The SMILES string of the molecule is CC[C@H](Br)C(=O)Nc1nc2cc(Cl)c(C)cc2s1. The molecule has 2 rings (SSSR count). The topological polar surface area (TPSA) is 42.0 Å². The number of carbonyl (C=O) groups is 1. The third kappa shape index (κ3) is 2.84. The molecule has 1 amide bonds. The third-order valence-electron chi connectivity index (χ3n) is 2.54. The maximum Gasteiger partial charge on any atom is 0.239 e. The van der Waals surface area contributed by atoms with Gasteiger partial charge < -0.3 is 5.32 Å². The van der Waals surface area contributed by atoms with Gasteiger partial charge in [0.2, 0.25) is 5.91 Å². The zero-order chi connectivity index (χ0) is 13.3. The molecule has 0 saturated heterocycles. The highest BCUT2D eigenvalue weighted by molar-refractivity contribution is 9.10. The Labute approximate surface area is 123 Å². The summed E-state index contributed by atoms with van der Waals surface area (Å²) in [6.07, 6.45) is 0.738. The maximum absolute atomic E-state index is 11.7. The van der Waals surface area contributed by atoms with Crippen LogP contribution in [-0.2, 0) is 4.79 Å². The Morgan fingerprint density at radius 2 is 2.33 bits per heavy atom. The molecule has 6 heteroatoms. The van der Waals surface area contributed by atoms with Gasteiger partial charge in [-0.15, -0.1) is 0 Å². The molecule has 0 spiro atoms. The van der Waals surface area contributed by atoms with Crippen LogP contribution in [0.3, 0.4) is 0 Å². The van der Waals surface area contributed by atoms with Gasteiger partial charge in [0.15, 0.2) is 5.13 Å². The highest BCUT2D eigenvalue weighted by Gasteiger charge is 2.15. The Morgan fingerprint density at radius 1 is 1.61 bits per heavy atom. The highest BCUT2D eigenvalue weighted by Crippen LogP contribution is 2.30. The second-order valence-corrected chi connectivity index (χ2v) is 6.50. The van der Waals surface area contributed by atoms with E-state index in [1.54, 1.807) is 0 Å². The van der Waals surface area contributed by atoms with Crippen LogP contribution in [0.5, 0.6) is 0 Å². The van der Waals surface area contributed by atoms with E-state index in [4.69, 9.17) is 11.6 Å². The van der Waals surface area contributed by atoms with Gasteiger partial charge in [-0.2, -0.15) is 0 Å². The van der Waals surface area contributed by atoms with Crippen molar-refractivity contribution in [3.63, 3.8) is 0 Å². The molecule has 0 aliphatic heterocycles. The summed E-state index contributed by atoms with van der Waals surface area (Å²) in [5, 5.41) is 4.10. The molecule has 0 saturated carbocycles. The lowest BCUT2D eigenvalue weighted by Gasteiger charge is -2.04. The fraction of sp³-hybridized carbons (Fsp3) is 0.333. The first-order valence-corrected chi connectivity index (χ1v) is 7.64. The van der Waals surface area contributed by atoms with E-state index >= 15 is 0 Å². The summed E-state index contributed by atoms with van der Waals surface area (Å²) in [5.74, 6) is -0.0700. The average Bonchev–Trinajstić information content (AvgIpc) is 2.70. The van der Waals surface area contributed by atoms with Crippen LogP contribution in [0, 0.1) is 6.92 Å². The van der Waals surface area contributed by atoms with Gasteiger partial charge >= 0.3 is 0 Å². The number of nitrogens with one attached hydrogen (secondary N) is 1. The zero-order valence-corrected chi connectivity index (χ0v) is 13.1. The number of nitrogens with zero attached hydrogens (tertiary/aromatic N) is 1. The van der Waals surface area contributed by atoms with E-state index in [0.29, 0.717) is 10.2 Å². The van der Waals surface area contributed by atoms with Gasteiger partial charge in [-0.25, -0.2) is 4.98 Å². The first-order chi connectivity index (χ1) is 8.51. The Hall–Kier alpha value is -0.650. The molecule has 0 aliphatic rings. The lowest BCUT2D eigenvalue weighted by atomic mass is 10.2. The van der Waals surface area contributed by atoms with E-state index < -0.39 is 0 Å². The van der Waals surface area contributed by atoms with Crippen LogP contribution in [0.1, 0.15) is 18.9 Å². The molecule has 2 aromatic rings. The molecular formula is C12H12BrClN2OS. The van der Waals surface area contributed by atoms with Crippen LogP contribution in [0.15, 0.2) is 12.1 Å². The number of benzene rings is 1. The fourth-order valence-corrected chi connectivity index (χ4v) is 2.69. The van der Waals surface area contributed by atoms with Crippen LogP contribution < -0.4 is 5.32 Å². The molecule has 1 aromatic heterocycles. The molecule has 96 valence electrons. The highest BCUT2D eigenvalue weighted by atomic mass is 79.9.